The number of hydrogen-bond acceptors (Lipinski definition) is 3. The van der Waals surface area contributed by atoms with Crippen LogP contribution in [0.1, 0.15) is 35.4 Å². The summed E-state index contributed by atoms with van der Waals surface area (Å²) in [5, 5.41) is 10.3. The molecule has 4 heteroatoms. The Balaban J connectivity index is 1.51. The van der Waals surface area contributed by atoms with Crippen LogP contribution >= 0.6 is 11.6 Å². The van der Waals surface area contributed by atoms with Gasteiger partial charge in [-0.3, -0.25) is 0 Å². The lowest BCUT2D eigenvalue weighted by Crippen LogP contribution is -2.33. The molecule has 0 aromatic heterocycles. The molecule has 0 unspecified atom stereocenters. The zero-order valence-electron chi connectivity index (χ0n) is 16.2. The van der Waals surface area contributed by atoms with E-state index in [1.165, 1.54) is 21.9 Å². The van der Waals surface area contributed by atoms with Crippen molar-refractivity contribution in [3.63, 3.8) is 0 Å². The quantitative estimate of drug-likeness (QED) is 0.365. The van der Waals surface area contributed by atoms with Crippen molar-refractivity contribution >= 4 is 28.1 Å². The number of nitrogens with zero attached hydrogens (tertiary/aromatic N) is 2. The molecule has 2 aliphatic heterocycles. The minimum absolute atomic E-state index is 0.116. The topological polar surface area (TPSA) is 24.8 Å². The smallest absolute Gasteiger partial charge is 0.215 e. The Labute approximate surface area is 180 Å². The SMILES string of the molecule is Clc1ccccc1[C@H]1Oc2ccccc2[C@@H]2CC(c3cccc4ccccc34)=NN12. The van der Waals surface area contributed by atoms with Crippen molar-refractivity contribution < 1.29 is 4.74 Å². The van der Waals surface area contributed by atoms with Gasteiger partial charge in [-0.25, -0.2) is 5.01 Å². The van der Waals surface area contributed by atoms with E-state index in [-0.39, 0.29) is 12.3 Å². The summed E-state index contributed by atoms with van der Waals surface area (Å²) < 4.78 is 6.42. The lowest BCUT2D eigenvalue weighted by molar-refractivity contribution is -0.0189. The molecule has 6 rings (SSSR count). The third kappa shape index (κ3) is 2.70. The molecule has 2 aliphatic rings. The summed E-state index contributed by atoms with van der Waals surface area (Å²) in [7, 11) is 0. The van der Waals surface area contributed by atoms with Crippen LogP contribution in [0.2, 0.25) is 5.02 Å². The Bertz CT molecular complexity index is 1290. The molecular weight excluding hydrogens is 392 g/mol. The van der Waals surface area contributed by atoms with Gasteiger partial charge in [0.25, 0.3) is 0 Å². The van der Waals surface area contributed by atoms with Crippen molar-refractivity contribution in [1.82, 2.24) is 5.01 Å². The van der Waals surface area contributed by atoms with E-state index in [0.29, 0.717) is 5.02 Å². The van der Waals surface area contributed by atoms with E-state index in [9.17, 15) is 0 Å². The molecule has 0 spiro atoms. The predicted octanol–water partition coefficient (Wildman–Crippen LogP) is 6.74. The summed E-state index contributed by atoms with van der Waals surface area (Å²) in [5.74, 6) is 0.901. The van der Waals surface area contributed by atoms with Crippen LogP contribution in [-0.2, 0) is 0 Å². The molecule has 2 atom stereocenters. The van der Waals surface area contributed by atoms with Crippen molar-refractivity contribution in [2.24, 2.45) is 5.10 Å². The van der Waals surface area contributed by atoms with Gasteiger partial charge in [0, 0.05) is 28.1 Å². The number of fused-ring (bicyclic) bond motifs is 4. The van der Waals surface area contributed by atoms with Crippen LogP contribution in [0, 0.1) is 0 Å². The molecular formula is C26H19ClN2O. The summed E-state index contributed by atoms with van der Waals surface area (Å²) >= 11 is 6.55. The third-order valence-electron chi connectivity index (χ3n) is 5.97. The number of halogens is 1. The van der Waals surface area contributed by atoms with Gasteiger partial charge in [-0.2, -0.15) is 5.10 Å². The van der Waals surface area contributed by atoms with Gasteiger partial charge in [-0.1, -0.05) is 90.5 Å². The number of para-hydroxylation sites is 1. The van der Waals surface area contributed by atoms with Crippen LogP contribution < -0.4 is 4.74 Å². The Kier molecular flexibility index (Phi) is 4.03. The van der Waals surface area contributed by atoms with Crippen molar-refractivity contribution in [3.05, 3.63) is 113 Å². The summed E-state index contributed by atoms with van der Waals surface area (Å²) in [6.45, 7) is 0. The molecule has 0 N–H and O–H groups in total. The number of ether oxygens (including phenoxy) is 1. The van der Waals surface area contributed by atoms with E-state index in [1.807, 2.05) is 36.4 Å². The fraction of sp³-hybridized carbons (Fsp3) is 0.115. The number of hydrogen-bond donors (Lipinski definition) is 0. The van der Waals surface area contributed by atoms with Crippen LogP contribution in [0.4, 0.5) is 0 Å². The molecule has 0 radical (unpaired) electrons. The van der Waals surface area contributed by atoms with E-state index < -0.39 is 0 Å². The van der Waals surface area contributed by atoms with Crippen LogP contribution in [0.5, 0.6) is 5.75 Å². The highest BCUT2D eigenvalue weighted by atomic mass is 35.5. The van der Waals surface area contributed by atoms with E-state index in [0.717, 1.165) is 23.4 Å². The molecule has 2 heterocycles. The van der Waals surface area contributed by atoms with Gasteiger partial charge in [0.2, 0.25) is 6.23 Å². The van der Waals surface area contributed by atoms with E-state index in [1.54, 1.807) is 0 Å². The Morgan fingerprint density at radius 2 is 1.53 bits per heavy atom. The van der Waals surface area contributed by atoms with Gasteiger partial charge in [-0.15, -0.1) is 0 Å². The van der Waals surface area contributed by atoms with Crippen molar-refractivity contribution in [2.75, 3.05) is 0 Å². The maximum Gasteiger partial charge on any atom is 0.215 e. The minimum Gasteiger partial charge on any atom is -0.464 e. The van der Waals surface area contributed by atoms with Crippen molar-refractivity contribution in [1.29, 1.82) is 0 Å². The standard InChI is InChI=1S/C26H19ClN2O/c27-22-14-5-3-11-20(22)26-29-24(21-12-4-6-15-25(21)30-26)16-23(28-29)19-13-7-9-17-8-1-2-10-18(17)19/h1-15,24,26H,16H2/t24-,26+/m0/s1. The largest absolute Gasteiger partial charge is 0.464 e. The number of benzene rings is 4. The molecule has 0 aliphatic carbocycles. The maximum atomic E-state index is 6.55. The molecule has 4 aromatic rings. The fourth-order valence-corrected chi connectivity index (χ4v) is 4.78. The van der Waals surface area contributed by atoms with E-state index in [4.69, 9.17) is 21.4 Å². The average Bonchev–Trinajstić information content (AvgIpc) is 3.24. The lowest BCUT2D eigenvalue weighted by atomic mass is 9.93. The second-order valence-electron chi connectivity index (χ2n) is 7.70. The van der Waals surface area contributed by atoms with Gasteiger partial charge in [0.1, 0.15) is 5.75 Å². The first-order valence-corrected chi connectivity index (χ1v) is 10.5. The van der Waals surface area contributed by atoms with Crippen molar-refractivity contribution in [2.45, 2.75) is 18.7 Å². The van der Waals surface area contributed by atoms with Gasteiger partial charge in [0.05, 0.1) is 11.8 Å². The Hall–Kier alpha value is -3.30. The average molecular weight is 411 g/mol. The summed E-state index contributed by atoms with van der Waals surface area (Å²) in [4.78, 5) is 0. The van der Waals surface area contributed by atoms with Crippen LogP contribution in [0.3, 0.4) is 0 Å². The molecule has 146 valence electrons. The molecule has 3 nitrogen and oxygen atoms in total. The molecule has 30 heavy (non-hydrogen) atoms. The molecule has 0 saturated carbocycles. The van der Waals surface area contributed by atoms with Crippen LogP contribution in [-0.4, -0.2) is 10.7 Å². The number of hydrazone groups is 1. The maximum absolute atomic E-state index is 6.55. The monoisotopic (exact) mass is 410 g/mol. The summed E-state index contributed by atoms with van der Waals surface area (Å²) in [6, 6.07) is 31.1. The highest BCUT2D eigenvalue weighted by Crippen LogP contribution is 2.48. The van der Waals surface area contributed by atoms with Crippen molar-refractivity contribution in [3.8, 4) is 5.75 Å². The van der Waals surface area contributed by atoms with E-state index >= 15 is 0 Å². The molecule has 4 aromatic carbocycles. The normalized spacial score (nSPS) is 19.8. The first-order valence-electron chi connectivity index (χ1n) is 10.1. The van der Waals surface area contributed by atoms with E-state index in [2.05, 4.69) is 59.6 Å². The Morgan fingerprint density at radius 3 is 2.43 bits per heavy atom. The molecule has 0 bridgehead atoms. The van der Waals surface area contributed by atoms with Gasteiger partial charge in [-0.05, 0) is 22.9 Å². The van der Waals surface area contributed by atoms with Crippen LogP contribution in [0.15, 0.2) is 96.1 Å². The van der Waals surface area contributed by atoms with Gasteiger partial charge < -0.3 is 4.74 Å². The third-order valence-corrected chi connectivity index (χ3v) is 6.32. The first-order chi connectivity index (χ1) is 14.8. The fourth-order valence-electron chi connectivity index (χ4n) is 4.55. The zero-order valence-corrected chi connectivity index (χ0v) is 17.0. The highest BCUT2D eigenvalue weighted by molar-refractivity contribution is 6.31. The zero-order chi connectivity index (χ0) is 20.1. The number of rotatable bonds is 2. The van der Waals surface area contributed by atoms with Gasteiger partial charge in [0.15, 0.2) is 0 Å². The molecule has 0 saturated heterocycles. The molecule has 0 fully saturated rings. The Morgan fingerprint density at radius 1 is 0.800 bits per heavy atom. The summed E-state index contributed by atoms with van der Waals surface area (Å²) in [6.07, 6.45) is 0.473. The first kappa shape index (κ1) is 17.5. The minimum atomic E-state index is -0.355. The lowest BCUT2D eigenvalue weighted by Gasteiger charge is -2.38. The highest BCUT2D eigenvalue weighted by Gasteiger charge is 2.41. The molecule has 0 amide bonds. The summed E-state index contributed by atoms with van der Waals surface area (Å²) in [5.41, 5.74) is 4.36. The van der Waals surface area contributed by atoms with Crippen LogP contribution in [0.25, 0.3) is 10.8 Å². The van der Waals surface area contributed by atoms with Gasteiger partial charge >= 0.3 is 0 Å². The second-order valence-corrected chi connectivity index (χ2v) is 8.11. The second kappa shape index (κ2) is 6.89. The predicted molar refractivity (Wildman–Crippen MR) is 121 cm³/mol.